The van der Waals surface area contributed by atoms with Gasteiger partial charge in [0.1, 0.15) is 22.8 Å². The first-order valence-corrected chi connectivity index (χ1v) is 8.94. The largest absolute Gasteiger partial charge is 0.497 e. The highest BCUT2D eigenvalue weighted by Gasteiger charge is 2.17. The fourth-order valence-corrected chi connectivity index (χ4v) is 3.31. The second kappa shape index (κ2) is 7.50. The van der Waals surface area contributed by atoms with Gasteiger partial charge in [-0.25, -0.2) is 0 Å². The molecule has 4 rings (SSSR count). The molecule has 0 unspecified atom stereocenters. The van der Waals surface area contributed by atoms with E-state index in [1.165, 1.54) is 0 Å². The third kappa shape index (κ3) is 3.30. The van der Waals surface area contributed by atoms with Crippen molar-refractivity contribution in [3.05, 3.63) is 83.4 Å². The first-order valence-electron chi connectivity index (χ1n) is 8.94. The summed E-state index contributed by atoms with van der Waals surface area (Å²) < 4.78 is 16.9. The van der Waals surface area contributed by atoms with Gasteiger partial charge in [-0.1, -0.05) is 12.1 Å². The van der Waals surface area contributed by atoms with Crippen LogP contribution in [0.4, 0.5) is 0 Å². The van der Waals surface area contributed by atoms with Crippen molar-refractivity contribution < 1.29 is 13.9 Å². The standard InChI is InChI=1S/C24H19NO3/c1-26-19-9-7-18(8-10-19)24-22(13-16-3-5-17(15-25)6-4-16)21-12-11-20(27-2)14-23(21)28-24/h3-12,14H,13H2,1-2H3. The monoisotopic (exact) mass is 369 g/mol. The lowest BCUT2D eigenvalue weighted by Gasteiger charge is -2.06. The van der Waals surface area contributed by atoms with Crippen LogP contribution in [0.25, 0.3) is 22.3 Å². The van der Waals surface area contributed by atoms with Gasteiger partial charge in [0.2, 0.25) is 0 Å². The number of rotatable bonds is 5. The Morgan fingerprint density at radius 3 is 2.18 bits per heavy atom. The first-order chi connectivity index (χ1) is 13.7. The number of ether oxygens (including phenoxy) is 2. The van der Waals surface area contributed by atoms with Gasteiger partial charge in [-0.15, -0.1) is 0 Å². The number of nitriles is 1. The zero-order valence-corrected chi connectivity index (χ0v) is 15.7. The molecule has 28 heavy (non-hydrogen) atoms. The van der Waals surface area contributed by atoms with Crippen LogP contribution in [0.1, 0.15) is 16.7 Å². The van der Waals surface area contributed by atoms with Crippen LogP contribution in [0.15, 0.2) is 71.1 Å². The Morgan fingerprint density at radius 2 is 1.54 bits per heavy atom. The van der Waals surface area contributed by atoms with E-state index >= 15 is 0 Å². The van der Waals surface area contributed by atoms with Crippen LogP contribution in [-0.2, 0) is 6.42 Å². The zero-order chi connectivity index (χ0) is 19.5. The summed E-state index contributed by atoms with van der Waals surface area (Å²) in [5.41, 5.74) is 4.65. The van der Waals surface area contributed by atoms with Gasteiger partial charge in [0, 0.05) is 29.0 Å². The van der Waals surface area contributed by atoms with Gasteiger partial charge in [-0.2, -0.15) is 5.26 Å². The Morgan fingerprint density at radius 1 is 0.857 bits per heavy atom. The van der Waals surface area contributed by atoms with E-state index in [1.807, 2.05) is 66.7 Å². The number of hydrogen-bond acceptors (Lipinski definition) is 4. The van der Waals surface area contributed by atoms with E-state index in [2.05, 4.69) is 6.07 Å². The van der Waals surface area contributed by atoms with E-state index in [0.717, 1.165) is 44.9 Å². The quantitative estimate of drug-likeness (QED) is 0.461. The van der Waals surface area contributed by atoms with Gasteiger partial charge < -0.3 is 13.9 Å². The van der Waals surface area contributed by atoms with Crippen molar-refractivity contribution in [2.75, 3.05) is 14.2 Å². The van der Waals surface area contributed by atoms with Gasteiger partial charge in [0.15, 0.2) is 0 Å². The van der Waals surface area contributed by atoms with Crippen LogP contribution < -0.4 is 9.47 Å². The van der Waals surface area contributed by atoms with Crippen LogP contribution in [0.5, 0.6) is 11.5 Å². The predicted molar refractivity (Wildman–Crippen MR) is 109 cm³/mol. The fourth-order valence-electron chi connectivity index (χ4n) is 3.31. The number of benzene rings is 3. The number of methoxy groups -OCH3 is 2. The minimum Gasteiger partial charge on any atom is -0.497 e. The number of furan rings is 1. The molecule has 0 spiro atoms. The molecule has 0 saturated carbocycles. The van der Waals surface area contributed by atoms with Gasteiger partial charge in [0.25, 0.3) is 0 Å². The predicted octanol–water partition coefficient (Wildman–Crippen LogP) is 5.58. The Hall–Kier alpha value is -3.71. The summed E-state index contributed by atoms with van der Waals surface area (Å²) in [6.45, 7) is 0. The average molecular weight is 369 g/mol. The summed E-state index contributed by atoms with van der Waals surface area (Å²) >= 11 is 0. The number of nitrogens with zero attached hydrogens (tertiary/aromatic N) is 1. The summed E-state index contributed by atoms with van der Waals surface area (Å²) in [5, 5.41) is 10.1. The van der Waals surface area contributed by atoms with E-state index in [4.69, 9.17) is 19.2 Å². The molecule has 3 aromatic carbocycles. The summed E-state index contributed by atoms with van der Waals surface area (Å²) in [6, 6.07) is 23.5. The van der Waals surface area contributed by atoms with E-state index in [-0.39, 0.29) is 0 Å². The van der Waals surface area contributed by atoms with E-state index in [1.54, 1.807) is 14.2 Å². The topological polar surface area (TPSA) is 55.4 Å². The molecule has 4 nitrogen and oxygen atoms in total. The van der Waals surface area contributed by atoms with Gasteiger partial charge >= 0.3 is 0 Å². The van der Waals surface area contributed by atoms with Crippen LogP contribution >= 0.6 is 0 Å². The molecule has 1 aromatic heterocycles. The van der Waals surface area contributed by atoms with Gasteiger partial charge in [-0.05, 0) is 54.1 Å². The molecule has 0 saturated heterocycles. The molecule has 0 bridgehead atoms. The Labute approximate surface area is 163 Å². The maximum atomic E-state index is 9.02. The highest BCUT2D eigenvalue weighted by Crippen LogP contribution is 2.37. The van der Waals surface area contributed by atoms with Crippen LogP contribution in [-0.4, -0.2) is 14.2 Å². The highest BCUT2D eigenvalue weighted by molar-refractivity contribution is 5.89. The van der Waals surface area contributed by atoms with Crippen molar-refractivity contribution in [1.82, 2.24) is 0 Å². The van der Waals surface area contributed by atoms with Crippen molar-refractivity contribution in [3.8, 4) is 28.9 Å². The molecule has 0 aliphatic carbocycles. The first kappa shape index (κ1) is 17.7. The Balaban J connectivity index is 1.83. The fraction of sp³-hybridized carbons (Fsp3) is 0.125. The maximum Gasteiger partial charge on any atom is 0.138 e. The molecule has 0 aliphatic rings. The second-order valence-electron chi connectivity index (χ2n) is 6.49. The Kier molecular flexibility index (Phi) is 4.74. The molecule has 4 aromatic rings. The lowest BCUT2D eigenvalue weighted by atomic mass is 9.98. The molecule has 0 aliphatic heterocycles. The minimum absolute atomic E-state index is 0.654. The average Bonchev–Trinajstić information content (AvgIpc) is 3.11. The molecular formula is C24H19NO3. The highest BCUT2D eigenvalue weighted by atomic mass is 16.5. The van der Waals surface area contributed by atoms with Crippen LogP contribution in [0, 0.1) is 11.3 Å². The molecule has 0 amide bonds. The van der Waals surface area contributed by atoms with E-state index < -0.39 is 0 Å². The summed E-state index contributed by atoms with van der Waals surface area (Å²) in [5.74, 6) is 2.39. The molecule has 0 atom stereocenters. The SMILES string of the molecule is COc1ccc(-c2oc3cc(OC)ccc3c2Cc2ccc(C#N)cc2)cc1. The second-order valence-corrected chi connectivity index (χ2v) is 6.49. The smallest absolute Gasteiger partial charge is 0.138 e. The molecule has 0 N–H and O–H groups in total. The molecule has 0 radical (unpaired) electrons. The zero-order valence-electron chi connectivity index (χ0n) is 15.7. The van der Waals surface area contributed by atoms with Crippen molar-refractivity contribution in [2.45, 2.75) is 6.42 Å². The molecule has 4 heteroatoms. The van der Waals surface area contributed by atoms with Gasteiger partial charge in [0.05, 0.1) is 25.9 Å². The maximum absolute atomic E-state index is 9.02. The normalized spacial score (nSPS) is 10.6. The van der Waals surface area contributed by atoms with Crippen molar-refractivity contribution in [1.29, 1.82) is 5.26 Å². The molecule has 1 heterocycles. The lowest BCUT2D eigenvalue weighted by Crippen LogP contribution is -1.91. The summed E-state index contributed by atoms with van der Waals surface area (Å²) in [4.78, 5) is 0. The number of hydrogen-bond donors (Lipinski definition) is 0. The molecule has 0 fully saturated rings. The van der Waals surface area contributed by atoms with Crippen LogP contribution in [0.3, 0.4) is 0 Å². The van der Waals surface area contributed by atoms with Crippen molar-refractivity contribution >= 4 is 11.0 Å². The molecule has 138 valence electrons. The van der Waals surface area contributed by atoms with E-state index in [0.29, 0.717) is 12.0 Å². The summed E-state index contributed by atoms with van der Waals surface area (Å²) in [6.07, 6.45) is 0.701. The Bertz CT molecular complexity index is 1150. The summed E-state index contributed by atoms with van der Waals surface area (Å²) in [7, 11) is 3.30. The minimum atomic E-state index is 0.654. The molecular weight excluding hydrogens is 350 g/mol. The van der Waals surface area contributed by atoms with Gasteiger partial charge in [-0.3, -0.25) is 0 Å². The van der Waals surface area contributed by atoms with E-state index in [9.17, 15) is 0 Å². The number of fused-ring (bicyclic) bond motifs is 1. The third-order valence-corrected chi connectivity index (χ3v) is 4.82. The third-order valence-electron chi connectivity index (χ3n) is 4.82. The van der Waals surface area contributed by atoms with Crippen LogP contribution in [0.2, 0.25) is 0 Å². The van der Waals surface area contributed by atoms with Crippen molar-refractivity contribution in [2.24, 2.45) is 0 Å². The lowest BCUT2D eigenvalue weighted by molar-refractivity contribution is 0.414. The van der Waals surface area contributed by atoms with Crippen molar-refractivity contribution in [3.63, 3.8) is 0 Å².